The molecule has 4 aliphatic rings. The molecule has 2 aliphatic heterocycles. The third-order valence-corrected chi connectivity index (χ3v) is 15.4. The number of aromatic amines is 2. The van der Waals surface area contributed by atoms with E-state index in [9.17, 15) is 19.2 Å². The van der Waals surface area contributed by atoms with Crippen molar-refractivity contribution in [1.29, 1.82) is 0 Å². The lowest BCUT2D eigenvalue weighted by Crippen LogP contribution is -2.48. The van der Waals surface area contributed by atoms with Crippen molar-refractivity contribution >= 4 is 24.0 Å². The molecule has 370 valence electrons. The largest absolute Gasteiger partial charge is 0.450 e. The maximum atomic E-state index is 13.8. The number of imidazole rings is 2. The zero-order valence-electron chi connectivity index (χ0n) is 42.2. The van der Waals surface area contributed by atoms with Crippen LogP contribution in [0.5, 0.6) is 0 Å². The molecule has 4 heterocycles. The molecule has 4 N–H and O–H groups in total. The molecule has 9 rings (SSSR count). The van der Waals surface area contributed by atoms with Crippen LogP contribution in [0.1, 0.15) is 153 Å². The summed E-state index contributed by atoms with van der Waals surface area (Å²) in [5.74, 6) is 1.26. The van der Waals surface area contributed by atoms with E-state index in [4.69, 9.17) is 19.4 Å². The van der Waals surface area contributed by atoms with Crippen molar-refractivity contribution in [2.45, 2.75) is 155 Å². The first-order chi connectivity index (χ1) is 33.7. The number of hydrogen-bond donors (Lipinski definition) is 4. The van der Waals surface area contributed by atoms with E-state index in [1.54, 1.807) is 13.8 Å². The molecule has 0 spiro atoms. The Bertz CT molecular complexity index is 2600. The number of ether oxygens (including phenoxy) is 2. The summed E-state index contributed by atoms with van der Waals surface area (Å²) in [5, 5.41) is 5.51. The van der Waals surface area contributed by atoms with Gasteiger partial charge >= 0.3 is 12.2 Å². The number of benzene rings is 3. The highest BCUT2D eigenvalue weighted by atomic mass is 16.6. The number of amides is 4. The summed E-state index contributed by atoms with van der Waals surface area (Å²) in [5.41, 5.74) is 14.6. The maximum Gasteiger partial charge on any atom is 0.407 e. The summed E-state index contributed by atoms with van der Waals surface area (Å²) in [6, 6.07) is 16.0. The van der Waals surface area contributed by atoms with Crippen molar-refractivity contribution in [3.8, 4) is 44.8 Å². The quantitative estimate of drug-likeness (QED) is 0.0851. The third kappa shape index (κ3) is 9.09. The number of hydrogen-bond acceptors (Lipinski definition) is 8. The average molecular weight is 951 g/mol. The molecule has 14 nitrogen and oxygen atoms in total. The number of rotatable bonds is 14. The van der Waals surface area contributed by atoms with E-state index >= 15 is 0 Å². The predicted molar refractivity (Wildman–Crippen MR) is 271 cm³/mol. The van der Waals surface area contributed by atoms with Gasteiger partial charge in [0.25, 0.3) is 0 Å². The van der Waals surface area contributed by atoms with Crippen LogP contribution in [-0.2, 0) is 42.7 Å². The van der Waals surface area contributed by atoms with E-state index in [0.717, 1.165) is 85.5 Å². The number of fused-ring (bicyclic) bond motifs is 2. The highest BCUT2D eigenvalue weighted by Crippen LogP contribution is 2.57. The third-order valence-electron chi connectivity index (χ3n) is 15.4. The standard InChI is InChI=1S/C56H70N8O6/c1-9-39(61-53(67)69-11-3)51(65)63-27-15-21-43(63)49-57-31-41(59-49)33-17-13-19-35(29-33)45-37-23-25-56(7,8)48(37)46(38-24-26-55(5,6)47(38)45)36-20-14-18-34(30-36)42-32-58-50(60-42)44-22-16-28-64(44)52(66)40(10-2)62-54(68)70-12-4/h13-14,17-20,29-32,39-40,43-44H,9-12,15-16,21-28H2,1-8H3,(H,57,59)(H,58,60)(H,61,67)(H,62,68)/t39-,40?,43+,44+/m1/s1. The molecule has 1 unspecified atom stereocenters. The van der Waals surface area contributed by atoms with E-state index in [-0.39, 0.29) is 47.9 Å². The van der Waals surface area contributed by atoms with Gasteiger partial charge in [-0.1, -0.05) is 77.9 Å². The van der Waals surface area contributed by atoms with Crippen LogP contribution in [-0.4, -0.2) is 92.1 Å². The Hall–Kier alpha value is -6.44. The predicted octanol–water partition coefficient (Wildman–Crippen LogP) is 10.6. The number of likely N-dealkylation sites (tertiary alicyclic amines) is 2. The summed E-state index contributed by atoms with van der Waals surface area (Å²) < 4.78 is 10.2. The molecule has 2 saturated heterocycles. The smallest absolute Gasteiger partial charge is 0.407 e. The SMILES string of the molecule is CCOC(=O)NC(CC)C(=O)N1CCC[C@H]1c1ncc(-c2cccc(-c3c4c(c(-c5cccc(-c6cnc([C@@H]7CCCN7C(=O)[C@@H](CC)NC(=O)OCC)[nH]6)c5)c5c3C(C)(C)CC5)C(C)(C)CC4)c2)[nH]1. The maximum absolute atomic E-state index is 13.8. The van der Waals surface area contributed by atoms with E-state index in [1.165, 1.54) is 44.5 Å². The van der Waals surface area contributed by atoms with Crippen LogP contribution >= 0.6 is 0 Å². The van der Waals surface area contributed by atoms with Crippen LogP contribution in [0, 0.1) is 0 Å². The average Bonchev–Trinajstić information content (AvgIpc) is 4.22. The zero-order valence-corrected chi connectivity index (χ0v) is 42.2. The van der Waals surface area contributed by atoms with Gasteiger partial charge in [-0.25, -0.2) is 19.6 Å². The fourth-order valence-corrected chi connectivity index (χ4v) is 11.9. The number of alkyl carbamates (subject to hydrolysis) is 2. The highest BCUT2D eigenvalue weighted by molar-refractivity contribution is 5.90. The Kier molecular flexibility index (Phi) is 13.7. The van der Waals surface area contributed by atoms with Gasteiger partial charge in [0.05, 0.1) is 49.1 Å². The molecule has 5 aromatic rings. The summed E-state index contributed by atoms with van der Waals surface area (Å²) >= 11 is 0. The first kappa shape index (κ1) is 48.6. The lowest BCUT2D eigenvalue weighted by atomic mass is 9.73. The Balaban J connectivity index is 1.03. The van der Waals surface area contributed by atoms with E-state index < -0.39 is 24.3 Å². The molecule has 2 aliphatic carbocycles. The van der Waals surface area contributed by atoms with Gasteiger partial charge in [-0.15, -0.1) is 0 Å². The summed E-state index contributed by atoms with van der Waals surface area (Å²) in [7, 11) is 0. The Morgan fingerprint density at radius 2 is 1.04 bits per heavy atom. The normalized spacial score (nSPS) is 19.7. The van der Waals surface area contributed by atoms with Crippen LogP contribution in [0.4, 0.5) is 9.59 Å². The van der Waals surface area contributed by atoms with Crippen LogP contribution in [0.3, 0.4) is 0 Å². The minimum atomic E-state index is -0.666. The number of nitrogens with zero attached hydrogens (tertiary/aromatic N) is 4. The first-order valence-electron chi connectivity index (χ1n) is 25.7. The van der Waals surface area contributed by atoms with E-state index in [1.807, 2.05) is 36.0 Å². The Labute approximate surface area is 412 Å². The molecule has 4 atom stereocenters. The van der Waals surface area contributed by atoms with Crippen molar-refractivity contribution in [2.24, 2.45) is 0 Å². The Morgan fingerprint density at radius 1 is 0.643 bits per heavy atom. The van der Waals surface area contributed by atoms with E-state index in [2.05, 4.69) is 96.8 Å². The molecule has 0 saturated carbocycles. The second kappa shape index (κ2) is 19.8. The number of H-pyrrole nitrogens is 2. The summed E-state index contributed by atoms with van der Waals surface area (Å²) in [6.45, 7) is 18.6. The molecule has 0 radical (unpaired) electrons. The molecule has 3 aromatic carbocycles. The molecular weight excluding hydrogens is 881 g/mol. The molecule has 2 fully saturated rings. The Morgan fingerprint density at radius 3 is 1.43 bits per heavy atom. The molecule has 2 aromatic heterocycles. The van der Waals surface area contributed by atoms with Crippen molar-refractivity contribution < 1.29 is 28.7 Å². The number of nitrogens with one attached hydrogen (secondary N) is 4. The van der Waals surface area contributed by atoms with Gasteiger partial charge in [0.2, 0.25) is 11.8 Å². The topological polar surface area (TPSA) is 175 Å². The minimum Gasteiger partial charge on any atom is -0.450 e. The summed E-state index contributed by atoms with van der Waals surface area (Å²) in [4.78, 5) is 72.8. The zero-order chi connectivity index (χ0) is 49.5. The highest BCUT2D eigenvalue weighted by Gasteiger charge is 2.44. The molecule has 70 heavy (non-hydrogen) atoms. The lowest BCUT2D eigenvalue weighted by Gasteiger charge is -2.31. The first-order valence-corrected chi connectivity index (χ1v) is 25.7. The van der Waals surface area contributed by atoms with Gasteiger partial charge in [0, 0.05) is 24.2 Å². The van der Waals surface area contributed by atoms with Crippen molar-refractivity contribution in [2.75, 3.05) is 26.3 Å². The molecule has 14 heteroatoms. The fourth-order valence-electron chi connectivity index (χ4n) is 11.9. The fraction of sp³-hybridized carbons (Fsp3) is 0.500. The lowest BCUT2D eigenvalue weighted by molar-refractivity contribution is -0.135. The van der Waals surface area contributed by atoms with Gasteiger partial charge in [-0.05, 0) is 146 Å². The van der Waals surface area contributed by atoms with Gasteiger partial charge in [-0.3, -0.25) is 9.59 Å². The van der Waals surface area contributed by atoms with Crippen molar-refractivity contribution in [1.82, 2.24) is 40.4 Å². The second-order valence-corrected chi connectivity index (χ2v) is 20.8. The van der Waals surface area contributed by atoms with Crippen molar-refractivity contribution in [3.05, 3.63) is 94.8 Å². The molecular formula is C56H70N8O6. The minimum absolute atomic E-state index is 0.0572. The summed E-state index contributed by atoms with van der Waals surface area (Å²) in [6.07, 6.45) is 10.9. The van der Waals surface area contributed by atoms with Crippen LogP contribution in [0.15, 0.2) is 60.9 Å². The van der Waals surface area contributed by atoms with Crippen molar-refractivity contribution in [3.63, 3.8) is 0 Å². The van der Waals surface area contributed by atoms with Gasteiger partial charge in [-0.2, -0.15) is 0 Å². The van der Waals surface area contributed by atoms with Gasteiger partial charge in [0.1, 0.15) is 23.7 Å². The van der Waals surface area contributed by atoms with Gasteiger partial charge < -0.3 is 39.9 Å². The number of carbonyl (C=O) groups excluding carboxylic acids is 4. The van der Waals surface area contributed by atoms with Gasteiger partial charge in [0.15, 0.2) is 0 Å². The molecule has 0 bridgehead atoms. The van der Waals surface area contributed by atoms with Crippen LogP contribution < -0.4 is 10.6 Å². The van der Waals surface area contributed by atoms with Crippen LogP contribution in [0.25, 0.3) is 44.8 Å². The number of aromatic nitrogens is 4. The van der Waals surface area contributed by atoms with E-state index in [0.29, 0.717) is 25.9 Å². The second-order valence-electron chi connectivity index (χ2n) is 20.8. The van der Waals surface area contributed by atoms with Crippen LogP contribution in [0.2, 0.25) is 0 Å². The monoisotopic (exact) mass is 951 g/mol. The number of carbonyl (C=O) groups is 4. The molecule has 4 amide bonds.